The largest absolute Gasteiger partial charge is 0.344 e. The van der Waals surface area contributed by atoms with Crippen LogP contribution in [0.15, 0.2) is 455 Å². The molecule has 0 aliphatic rings. The van der Waals surface area contributed by atoms with E-state index in [1.165, 1.54) is 247 Å². The second kappa shape index (κ2) is 30.7. The fraction of sp³-hybridized carbons (Fsp3) is 0.0323. The van der Waals surface area contributed by atoms with E-state index in [9.17, 15) is 0 Å². The highest BCUT2D eigenvalue weighted by Crippen LogP contribution is 2.44. The molecule has 0 unspecified atom stereocenters. The summed E-state index contributed by atoms with van der Waals surface area (Å²) < 4.78 is 21.3. The van der Waals surface area contributed by atoms with Gasteiger partial charge in [-0.1, -0.05) is 272 Å². The first-order valence-corrected chi connectivity index (χ1v) is 45.8. The van der Waals surface area contributed by atoms with Crippen LogP contribution in [0.3, 0.4) is 0 Å². The molecule has 29 aromatic rings. The van der Waals surface area contributed by atoms with Crippen LogP contribution in [0.25, 0.3) is 236 Å². The molecular weight excluding hydrogens is 1620 g/mol. The van der Waals surface area contributed by atoms with Crippen LogP contribution >= 0.6 is 0 Å². The Hall–Kier alpha value is -17.4. The van der Waals surface area contributed by atoms with E-state index in [1.54, 1.807) is 0 Å². The standard InChI is InChI=1S/C37H25N3.2C31H22N2.C25H18N2/c1-38-32-20-18-24(39-34-14-6-2-10-26(34)27-11-3-7-15-35(27)39)22-30(32)31-23-25(19-21-33(31)38)40-36-16-8-4-12-28(36)29-13-5-9-17-37(29)40;1-21-15-17-30-26(19-21)24-11-5-8-14-29(24)33(30)23-16-18-31-27(20-23)25-12-6-7-13-28(25)32(31)22-9-3-2-4-10-22;1-21-15-18-30-27(19-21)25-12-6-8-14-29(25)33(30)23-16-17-26-24-11-5-7-13-28(24)32(31(26)20-23)22-9-3-2-4-10-22;1-26-22-11-5-2-8-18(22)21-15-14-17(16-25(21)26)27-23-12-6-3-9-19(23)20-10-4-7-13-24(20)27/h2-23H,1H3;2*2-20H,1H3;2-16H,1H3. The molecule has 0 N–H and O–H groups in total. The molecule has 0 aliphatic carbocycles. The number of rotatable bonds is 7. The average molecular weight is 1700 g/mol. The molecule has 0 saturated heterocycles. The Bertz CT molecular complexity index is 9450. The number of aromatic nitrogens is 9. The molecular formula is C124H87N9. The lowest BCUT2D eigenvalue weighted by Gasteiger charge is -2.11. The van der Waals surface area contributed by atoms with Gasteiger partial charge in [-0.15, -0.1) is 0 Å². The molecule has 133 heavy (non-hydrogen) atoms. The van der Waals surface area contributed by atoms with Gasteiger partial charge in [-0.3, -0.25) is 0 Å². The van der Waals surface area contributed by atoms with Gasteiger partial charge in [0.1, 0.15) is 0 Å². The van der Waals surface area contributed by atoms with E-state index in [4.69, 9.17) is 0 Å². The summed E-state index contributed by atoms with van der Waals surface area (Å²) in [5.41, 5.74) is 33.1. The molecule has 9 heterocycles. The molecule has 0 amide bonds. The van der Waals surface area contributed by atoms with E-state index >= 15 is 0 Å². The van der Waals surface area contributed by atoms with Crippen molar-refractivity contribution in [1.29, 1.82) is 0 Å². The molecule has 0 bridgehead atoms. The number of aryl methyl sites for hydroxylation is 4. The van der Waals surface area contributed by atoms with Crippen LogP contribution in [0.5, 0.6) is 0 Å². The fourth-order valence-electron chi connectivity index (χ4n) is 22.0. The van der Waals surface area contributed by atoms with Gasteiger partial charge in [-0.25, -0.2) is 0 Å². The van der Waals surface area contributed by atoms with E-state index in [-0.39, 0.29) is 0 Å². The highest BCUT2D eigenvalue weighted by molar-refractivity contribution is 6.18. The summed E-state index contributed by atoms with van der Waals surface area (Å²) in [6.45, 7) is 4.33. The Morgan fingerprint density at radius 1 is 0.113 bits per heavy atom. The Labute approximate surface area is 766 Å². The summed E-state index contributed by atoms with van der Waals surface area (Å²) in [5.74, 6) is 0. The van der Waals surface area contributed by atoms with Crippen LogP contribution in [0.1, 0.15) is 11.1 Å². The summed E-state index contributed by atoms with van der Waals surface area (Å²) in [6.07, 6.45) is 0. The number of fused-ring (bicyclic) bond motifs is 27. The minimum Gasteiger partial charge on any atom is -0.344 e. The van der Waals surface area contributed by atoms with Crippen LogP contribution in [-0.4, -0.2) is 41.1 Å². The van der Waals surface area contributed by atoms with E-state index < -0.39 is 0 Å². The maximum Gasteiger partial charge on any atom is 0.0561 e. The van der Waals surface area contributed by atoms with Gasteiger partial charge in [0.25, 0.3) is 0 Å². The van der Waals surface area contributed by atoms with E-state index in [0.29, 0.717) is 0 Å². The minimum atomic E-state index is 1.18. The lowest BCUT2D eigenvalue weighted by atomic mass is 10.1. The number of hydrogen-bond acceptors (Lipinski definition) is 0. The molecule has 0 fully saturated rings. The zero-order valence-electron chi connectivity index (χ0n) is 73.8. The highest BCUT2D eigenvalue weighted by Gasteiger charge is 2.24. The molecule has 9 heteroatoms. The van der Waals surface area contributed by atoms with Crippen molar-refractivity contribution in [3.05, 3.63) is 466 Å². The maximum atomic E-state index is 2.40. The molecule has 9 aromatic heterocycles. The third kappa shape index (κ3) is 12.1. The van der Waals surface area contributed by atoms with Crippen LogP contribution in [0, 0.1) is 13.8 Å². The molecule has 0 radical (unpaired) electrons. The monoisotopic (exact) mass is 1700 g/mol. The minimum absolute atomic E-state index is 1.18. The van der Waals surface area contributed by atoms with Gasteiger partial charge < -0.3 is 41.1 Å². The van der Waals surface area contributed by atoms with Gasteiger partial charge in [0, 0.05) is 167 Å². The van der Waals surface area contributed by atoms with Crippen molar-refractivity contribution >= 4 is 196 Å². The Morgan fingerprint density at radius 2 is 0.286 bits per heavy atom. The summed E-state index contributed by atoms with van der Waals surface area (Å²) >= 11 is 0. The van der Waals surface area contributed by atoms with Crippen molar-refractivity contribution in [1.82, 2.24) is 41.1 Å². The number of para-hydroxylation sites is 13. The first kappa shape index (κ1) is 76.8. The third-order valence-corrected chi connectivity index (χ3v) is 27.9. The first-order valence-electron chi connectivity index (χ1n) is 45.8. The maximum absolute atomic E-state index is 2.40. The second-order valence-corrected chi connectivity index (χ2v) is 35.4. The summed E-state index contributed by atoms with van der Waals surface area (Å²) in [6, 6.07) is 165. The summed E-state index contributed by atoms with van der Waals surface area (Å²) in [4.78, 5) is 0. The van der Waals surface area contributed by atoms with Crippen LogP contribution in [-0.2, 0) is 14.1 Å². The van der Waals surface area contributed by atoms with Gasteiger partial charge in [0.2, 0.25) is 0 Å². The van der Waals surface area contributed by atoms with Crippen molar-refractivity contribution < 1.29 is 0 Å². The van der Waals surface area contributed by atoms with Crippen molar-refractivity contribution in [2.45, 2.75) is 13.8 Å². The lowest BCUT2D eigenvalue weighted by Crippen LogP contribution is -1.96. The van der Waals surface area contributed by atoms with Crippen molar-refractivity contribution in [2.24, 2.45) is 14.1 Å². The van der Waals surface area contributed by atoms with E-state index in [1.807, 2.05) is 0 Å². The van der Waals surface area contributed by atoms with E-state index in [0.717, 1.165) is 0 Å². The Morgan fingerprint density at radius 3 is 0.602 bits per heavy atom. The number of benzene rings is 20. The molecule has 0 atom stereocenters. The van der Waals surface area contributed by atoms with Gasteiger partial charge in [-0.2, -0.15) is 0 Å². The Kier molecular flexibility index (Phi) is 17.7. The number of nitrogens with zero attached hydrogens (tertiary/aromatic N) is 9. The molecule has 20 aromatic carbocycles. The summed E-state index contributed by atoms with van der Waals surface area (Å²) in [5, 5.41) is 23.1. The van der Waals surface area contributed by atoms with Crippen molar-refractivity contribution in [3.8, 4) is 39.8 Å². The molecule has 29 rings (SSSR count). The van der Waals surface area contributed by atoms with Crippen molar-refractivity contribution in [3.63, 3.8) is 0 Å². The lowest BCUT2D eigenvalue weighted by molar-refractivity contribution is 1.01. The summed E-state index contributed by atoms with van der Waals surface area (Å²) in [7, 11) is 4.32. The predicted octanol–water partition coefficient (Wildman–Crippen LogP) is 32.3. The molecule has 9 nitrogen and oxygen atoms in total. The quantitative estimate of drug-likeness (QED) is 0.153. The average Bonchev–Trinajstić information content (AvgIpc) is 1.58. The second-order valence-electron chi connectivity index (χ2n) is 35.4. The zero-order chi connectivity index (χ0) is 88.2. The number of hydrogen-bond donors (Lipinski definition) is 0. The highest BCUT2D eigenvalue weighted by atomic mass is 15.0. The molecule has 628 valence electrons. The first-order chi connectivity index (χ1) is 65.7. The zero-order valence-corrected chi connectivity index (χ0v) is 73.8. The van der Waals surface area contributed by atoms with Gasteiger partial charge in [0.15, 0.2) is 0 Å². The smallest absolute Gasteiger partial charge is 0.0561 e. The van der Waals surface area contributed by atoms with Crippen LogP contribution < -0.4 is 0 Å². The van der Waals surface area contributed by atoms with Crippen LogP contribution in [0.4, 0.5) is 0 Å². The fourth-order valence-corrected chi connectivity index (χ4v) is 22.0. The van der Waals surface area contributed by atoms with Crippen molar-refractivity contribution in [2.75, 3.05) is 0 Å². The van der Waals surface area contributed by atoms with Gasteiger partial charge >= 0.3 is 0 Å². The topological polar surface area (TPSA) is 44.4 Å². The SMILES string of the molecule is Cc1ccc2c(c1)c1ccccc1n2-c1ccc2c(c1)c1ccccc1n2-c1ccccc1.Cc1ccc2c(c1)c1ccccc1n2-c1ccc2c3ccccc3n(-c3ccccc3)c2c1.Cn1c2ccc(-n3c4ccccc4c4ccccc43)cc2c2cc(-n3c4ccccc4c4ccccc43)ccc21.Cn1c2ccccc2c2ccc(-n3c4ccccc4c4ccccc43)cc21. The Balaban J connectivity index is 0.0000000935. The molecule has 0 saturated carbocycles. The van der Waals surface area contributed by atoms with Gasteiger partial charge in [0.05, 0.1) is 82.8 Å². The normalized spacial score (nSPS) is 11.9. The predicted molar refractivity (Wildman–Crippen MR) is 564 cm³/mol. The molecule has 0 spiro atoms. The van der Waals surface area contributed by atoms with Gasteiger partial charge in [-0.05, 0) is 208 Å². The van der Waals surface area contributed by atoms with Crippen LogP contribution in [0.2, 0.25) is 0 Å². The van der Waals surface area contributed by atoms with E-state index in [2.05, 4.69) is 524 Å². The third-order valence-electron chi connectivity index (χ3n) is 27.9. The molecule has 0 aliphatic heterocycles.